The molecule has 0 amide bonds. The lowest BCUT2D eigenvalue weighted by atomic mass is 9.84. The zero-order chi connectivity index (χ0) is 25.0. The van der Waals surface area contributed by atoms with E-state index < -0.39 is 0 Å². The molecule has 0 heterocycles. The third kappa shape index (κ3) is 8.00. The van der Waals surface area contributed by atoms with E-state index in [4.69, 9.17) is 14.2 Å². The summed E-state index contributed by atoms with van der Waals surface area (Å²) in [5.74, 6) is 3.68. The molecule has 198 valence electrons. The Kier molecular flexibility index (Phi) is 11.0. The van der Waals surface area contributed by atoms with E-state index in [1.54, 1.807) is 0 Å². The molecule has 2 aliphatic rings. The maximum absolute atomic E-state index is 6.44. The molecule has 3 heteroatoms. The Balaban J connectivity index is 1.28. The Morgan fingerprint density at radius 3 is 2.00 bits per heavy atom. The number of hydrogen-bond donors (Lipinski definition) is 0. The maximum Gasteiger partial charge on any atom is 0.202 e. The monoisotopic (exact) mass is 492 g/mol. The molecule has 0 bridgehead atoms. The Morgan fingerprint density at radius 2 is 1.36 bits per heavy atom. The molecule has 3 nitrogen and oxygen atoms in total. The number of benzene rings is 2. The molecule has 0 spiro atoms. The van der Waals surface area contributed by atoms with Gasteiger partial charge in [-0.2, -0.15) is 0 Å². The van der Waals surface area contributed by atoms with Gasteiger partial charge in [0.25, 0.3) is 0 Å². The Labute approximate surface area is 219 Å². The van der Waals surface area contributed by atoms with Gasteiger partial charge < -0.3 is 14.2 Å². The first-order valence-corrected chi connectivity index (χ1v) is 14.9. The largest absolute Gasteiger partial charge is 0.491 e. The highest BCUT2D eigenvalue weighted by atomic mass is 16.7. The molecule has 0 aliphatic heterocycles. The van der Waals surface area contributed by atoms with Crippen molar-refractivity contribution in [1.82, 2.24) is 0 Å². The molecule has 0 saturated heterocycles. The molecule has 36 heavy (non-hydrogen) atoms. The molecule has 2 unspecified atom stereocenters. The summed E-state index contributed by atoms with van der Waals surface area (Å²) in [6, 6.07) is 17.5. The van der Waals surface area contributed by atoms with Crippen LogP contribution in [0.4, 0.5) is 0 Å². The fourth-order valence-electron chi connectivity index (χ4n) is 6.18. The molecule has 2 aliphatic carbocycles. The van der Waals surface area contributed by atoms with Crippen molar-refractivity contribution in [2.75, 3.05) is 13.2 Å². The van der Waals surface area contributed by atoms with Gasteiger partial charge in [0.05, 0.1) is 6.61 Å². The van der Waals surface area contributed by atoms with Crippen molar-refractivity contribution in [3.8, 4) is 11.5 Å². The number of rotatable bonds is 13. The van der Waals surface area contributed by atoms with Gasteiger partial charge in [0.2, 0.25) is 6.29 Å². The van der Waals surface area contributed by atoms with E-state index in [1.165, 1.54) is 94.6 Å². The van der Waals surface area contributed by atoms with E-state index in [-0.39, 0.29) is 6.29 Å². The van der Waals surface area contributed by atoms with Crippen molar-refractivity contribution in [3.63, 3.8) is 0 Å². The minimum Gasteiger partial charge on any atom is -0.491 e. The molecule has 0 aromatic heterocycles. The van der Waals surface area contributed by atoms with Gasteiger partial charge in [-0.05, 0) is 85.8 Å². The normalized spacial score (nSPS) is 19.1. The van der Waals surface area contributed by atoms with Gasteiger partial charge in [0.1, 0.15) is 18.1 Å². The van der Waals surface area contributed by atoms with E-state index in [2.05, 4.69) is 62.4 Å². The lowest BCUT2D eigenvalue weighted by molar-refractivity contribution is -0.127. The third-order valence-corrected chi connectivity index (χ3v) is 8.36. The SMILES string of the molecule is CCCC(CC)c1ccc(OC(OCCOc2ccc(C3CCCCC3)cc2)C2CCCCC2)cc1. The van der Waals surface area contributed by atoms with Gasteiger partial charge in [0.15, 0.2) is 0 Å². The fraction of sp³-hybridized carbons (Fsp3) is 0.636. The molecule has 0 N–H and O–H groups in total. The summed E-state index contributed by atoms with van der Waals surface area (Å²) in [6.45, 7) is 5.63. The van der Waals surface area contributed by atoms with Gasteiger partial charge in [0, 0.05) is 5.92 Å². The highest BCUT2D eigenvalue weighted by Crippen LogP contribution is 2.34. The zero-order valence-corrected chi connectivity index (χ0v) is 22.8. The summed E-state index contributed by atoms with van der Waals surface area (Å²) in [6.07, 6.45) is 16.5. The van der Waals surface area contributed by atoms with Crippen molar-refractivity contribution in [2.45, 2.75) is 115 Å². The van der Waals surface area contributed by atoms with Crippen LogP contribution in [0.15, 0.2) is 48.5 Å². The van der Waals surface area contributed by atoms with Crippen molar-refractivity contribution in [2.24, 2.45) is 5.92 Å². The topological polar surface area (TPSA) is 27.7 Å². The first kappa shape index (κ1) is 27.0. The summed E-state index contributed by atoms with van der Waals surface area (Å²) < 4.78 is 18.8. The van der Waals surface area contributed by atoms with Gasteiger partial charge in [-0.1, -0.05) is 83.1 Å². The summed E-state index contributed by atoms with van der Waals surface area (Å²) in [7, 11) is 0. The van der Waals surface area contributed by atoms with E-state index in [1.807, 2.05) is 0 Å². The summed E-state index contributed by atoms with van der Waals surface area (Å²) >= 11 is 0. The molecular formula is C33H48O3. The molecule has 2 fully saturated rings. The van der Waals surface area contributed by atoms with Gasteiger partial charge in [-0.25, -0.2) is 0 Å². The average Bonchev–Trinajstić information content (AvgIpc) is 2.95. The summed E-state index contributed by atoms with van der Waals surface area (Å²) in [4.78, 5) is 0. The molecule has 2 atom stereocenters. The first-order chi connectivity index (χ1) is 17.8. The molecule has 2 aromatic rings. The van der Waals surface area contributed by atoms with Crippen LogP contribution in [0.25, 0.3) is 0 Å². The van der Waals surface area contributed by atoms with Crippen molar-refractivity contribution in [1.29, 1.82) is 0 Å². The van der Waals surface area contributed by atoms with Crippen LogP contribution in [-0.2, 0) is 4.74 Å². The summed E-state index contributed by atoms with van der Waals surface area (Å²) in [5, 5.41) is 0. The maximum atomic E-state index is 6.44. The first-order valence-electron chi connectivity index (χ1n) is 14.9. The molecule has 4 rings (SSSR count). The Bertz CT molecular complexity index is 848. The van der Waals surface area contributed by atoms with Crippen LogP contribution >= 0.6 is 0 Å². The van der Waals surface area contributed by atoms with E-state index in [9.17, 15) is 0 Å². The minimum atomic E-state index is -0.203. The summed E-state index contributed by atoms with van der Waals surface area (Å²) in [5.41, 5.74) is 2.89. The van der Waals surface area contributed by atoms with E-state index >= 15 is 0 Å². The van der Waals surface area contributed by atoms with Crippen LogP contribution in [-0.4, -0.2) is 19.5 Å². The van der Waals surface area contributed by atoms with Gasteiger partial charge in [-0.3, -0.25) is 0 Å². The average molecular weight is 493 g/mol. The van der Waals surface area contributed by atoms with Crippen molar-refractivity contribution in [3.05, 3.63) is 59.7 Å². The third-order valence-electron chi connectivity index (χ3n) is 8.36. The van der Waals surface area contributed by atoms with Crippen LogP contribution in [0.1, 0.15) is 120 Å². The van der Waals surface area contributed by atoms with E-state index in [0.717, 1.165) is 17.4 Å². The fourth-order valence-corrected chi connectivity index (χ4v) is 6.18. The van der Waals surface area contributed by atoms with E-state index in [0.29, 0.717) is 25.0 Å². The van der Waals surface area contributed by atoms with Crippen LogP contribution in [0, 0.1) is 5.92 Å². The van der Waals surface area contributed by atoms with Crippen LogP contribution in [0.2, 0.25) is 0 Å². The molecular weight excluding hydrogens is 444 g/mol. The predicted molar refractivity (Wildman–Crippen MR) is 149 cm³/mol. The number of ether oxygens (including phenoxy) is 3. The highest BCUT2D eigenvalue weighted by molar-refractivity contribution is 5.30. The standard InChI is InChI=1S/C33H48O3/c1-3-11-26(4-2)28-18-22-32(23-19-28)36-33(30-14-9-6-10-15-30)35-25-24-34-31-20-16-29(17-21-31)27-12-7-5-8-13-27/h16-23,26-27,30,33H,3-15,24-25H2,1-2H3. The van der Waals surface area contributed by atoms with Crippen LogP contribution < -0.4 is 9.47 Å². The predicted octanol–water partition coefficient (Wildman–Crippen LogP) is 9.41. The molecule has 2 aromatic carbocycles. The second-order valence-electron chi connectivity index (χ2n) is 11.0. The smallest absolute Gasteiger partial charge is 0.202 e. The highest BCUT2D eigenvalue weighted by Gasteiger charge is 2.26. The van der Waals surface area contributed by atoms with Gasteiger partial charge in [-0.15, -0.1) is 0 Å². The number of hydrogen-bond acceptors (Lipinski definition) is 3. The molecule has 0 radical (unpaired) electrons. The Morgan fingerprint density at radius 1 is 0.722 bits per heavy atom. The lowest BCUT2D eigenvalue weighted by Crippen LogP contribution is -2.33. The second-order valence-corrected chi connectivity index (χ2v) is 11.0. The second kappa shape index (κ2) is 14.7. The molecule has 2 saturated carbocycles. The van der Waals surface area contributed by atoms with Crippen molar-refractivity contribution < 1.29 is 14.2 Å². The van der Waals surface area contributed by atoms with Crippen LogP contribution in [0.5, 0.6) is 11.5 Å². The quantitative estimate of drug-likeness (QED) is 0.206. The minimum absolute atomic E-state index is 0.203. The zero-order valence-electron chi connectivity index (χ0n) is 22.8. The lowest BCUT2D eigenvalue weighted by Gasteiger charge is -2.30. The van der Waals surface area contributed by atoms with Gasteiger partial charge >= 0.3 is 0 Å². The van der Waals surface area contributed by atoms with Crippen LogP contribution in [0.3, 0.4) is 0 Å². The Hall–Kier alpha value is -2.00. The van der Waals surface area contributed by atoms with Crippen molar-refractivity contribution >= 4 is 0 Å².